The maximum absolute atomic E-state index is 10.6. The Labute approximate surface area is 540 Å². The highest BCUT2D eigenvalue weighted by atomic mass is 19.4. The Morgan fingerprint density at radius 2 is 1.00 bits per heavy atom. The molecule has 32 heteroatoms. The minimum Gasteiger partial charge on any atom is -0.497 e. The third-order valence-corrected chi connectivity index (χ3v) is 13.5. The number of nitrogens with one attached hydrogen (secondary N) is 3. The second-order valence-corrected chi connectivity index (χ2v) is 19.2. The molecule has 0 saturated carbocycles. The lowest BCUT2D eigenvalue weighted by atomic mass is 9.90. The smallest absolute Gasteiger partial charge is 0.490 e. The van der Waals surface area contributed by atoms with Crippen molar-refractivity contribution in [2.24, 2.45) is 0 Å². The predicted octanol–water partition coefficient (Wildman–Crippen LogP) is 11.0. The molecule has 0 aliphatic carbocycles. The molecule has 6 heterocycles. The van der Waals surface area contributed by atoms with E-state index in [9.17, 15) is 39.5 Å². The fraction of sp³-hybridized carbons (Fsp3) is 0.410. The van der Waals surface area contributed by atoms with E-state index in [4.69, 9.17) is 49.1 Å². The number of carboxylic acids is 3. The van der Waals surface area contributed by atoms with E-state index in [1.165, 1.54) is 51.5 Å². The molecule has 20 nitrogen and oxygen atoms in total. The van der Waals surface area contributed by atoms with Crippen LogP contribution < -0.4 is 25.4 Å². The lowest BCUT2D eigenvalue weighted by Gasteiger charge is -2.26. The topological polar surface area (TPSA) is 268 Å². The summed E-state index contributed by atoms with van der Waals surface area (Å²) in [5, 5.41) is 56.8. The second-order valence-electron chi connectivity index (χ2n) is 19.2. The van der Waals surface area contributed by atoms with Crippen LogP contribution in [0.1, 0.15) is 100 Å². The number of aliphatic carboxylic acids is 3. The number of halogens is 9. The van der Waals surface area contributed by atoms with E-state index in [1.807, 2.05) is 35.9 Å². The van der Waals surface area contributed by atoms with Crippen LogP contribution in [0.5, 0.6) is 11.5 Å². The molecule has 0 amide bonds. The first-order chi connectivity index (χ1) is 41.6. The number of nitrogens with zero attached hydrogens (tertiary/aromatic N) is 7. The Hall–Kier alpha value is -8.64. The summed E-state index contributed by atoms with van der Waals surface area (Å²) in [5.74, 6) is -6.55. The number of benzene rings is 4. The van der Waals surface area contributed by atoms with Crippen molar-refractivity contribution >= 4 is 72.0 Å². The zero-order valence-electron chi connectivity index (χ0n) is 50.8. The number of hydrogen-bond acceptors (Lipinski definition) is 15. The molecule has 4 aliphatic rings. The van der Waals surface area contributed by atoms with Gasteiger partial charge in [-0.15, -0.1) is 10.2 Å². The van der Waals surface area contributed by atoms with Gasteiger partial charge in [0.1, 0.15) is 17.8 Å². The van der Waals surface area contributed by atoms with Crippen LogP contribution in [0.25, 0.3) is 33.7 Å². The number of aldehydes is 1. The highest BCUT2D eigenvalue weighted by Gasteiger charge is 2.40. The quantitative estimate of drug-likeness (QED) is 0.0403. The Kier molecular flexibility index (Phi) is 37.5. The summed E-state index contributed by atoms with van der Waals surface area (Å²) < 4.78 is 110. The van der Waals surface area contributed by atoms with Crippen LogP contribution in [0.4, 0.5) is 50.9 Å². The van der Waals surface area contributed by atoms with Crippen molar-refractivity contribution in [1.82, 2.24) is 40.2 Å². The Balaban J connectivity index is 0. The number of alkyl halides is 9. The molecule has 7 N–H and O–H groups in total. The summed E-state index contributed by atoms with van der Waals surface area (Å²) in [6.45, 7) is 14.7. The van der Waals surface area contributed by atoms with Gasteiger partial charge in [0.15, 0.2) is 0 Å². The number of aliphatic hydroxyl groups excluding tert-OH is 1. The molecule has 9 radical (unpaired) electrons. The number of ether oxygens (including phenoxy) is 2. The number of methoxy groups -OCH3 is 2. The number of fused-ring (bicyclic) bond motifs is 6. The van der Waals surface area contributed by atoms with Crippen molar-refractivity contribution in [3.8, 4) is 34.0 Å². The maximum atomic E-state index is 10.6. The molecule has 2 unspecified atom stereocenters. The molecule has 0 fully saturated rings. The summed E-state index contributed by atoms with van der Waals surface area (Å²) in [6, 6.07) is 30.5. The predicted molar refractivity (Wildman–Crippen MR) is 340 cm³/mol. The SMILES string of the molecule is C.C.CC=O.CCN1CC=C(c2ccc3c(c2)C(Nc2cccc(OC)c2)CCn2nnc(C)c2-3)CC1.CO.COc1cccc(NC2CCn3nnc(C)c3-c3ccc(C4=CCNCC4)cc32)c1.O=C(O)C(F)(F)F.O=C(O)C(F)(F)F.O=C(O)C(F)(F)F.[B].[B].[B]. The summed E-state index contributed by atoms with van der Waals surface area (Å²) in [6.07, 6.45) is -5.77. The van der Waals surface area contributed by atoms with Gasteiger partial charge in [0.2, 0.25) is 0 Å². The van der Waals surface area contributed by atoms with Gasteiger partial charge in [-0.2, -0.15) is 39.5 Å². The van der Waals surface area contributed by atoms with Crippen LogP contribution >= 0.6 is 0 Å². The molecular formula is C61H77B3F9N10O10. The van der Waals surface area contributed by atoms with E-state index in [-0.39, 0.29) is 52.2 Å². The van der Waals surface area contributed by atoms with E-state index in [0.717, 1.165) is 131 Å². The lowest BCUT2D eigenvalue weighted by Crippen LogP contribution is -2.28. The van der Waals surface area contributed by atoms with Crippen LogP contribution in [0, 0.1) is 13.8 Å². The number of hydrogen-bond donors (Lipinski definition) is 7. The molecule has 6 aromatic rings. The average molecular weight is 1310 g/mol. The minimum atomic E-state index is -5.08. The third-order valence-electron chi connectivity index (χ3n) is 13.5. The van der Waals surface area contributed by atoms with Crippen molar-refractivity contribution < 1.29 is 88.6 Å². The van der Waals surface area contributed by atoms with Crippen LogP contribution in [0.3, 0.4) is 0 Å². The van der Waals surface area contributed by atoms with Gasteiger partial charge in [-0.3, -0.25) is 4.90 Å². The Morgan fingerprint density at radius 3 is 1.31 bits per heavy atom. The van der Waals surface area contributed by atoms with E-state index in [1.54, 1.807) is 14.2 Å². The second kappa shape index (κ2) is 40.4. The van der Waals surface area contributed by atoms with E-state index in [0.29, 0.717) is 0 Å². The normalized spacial score (nSPS) is 14.9. The van der Waals surface area contributed by atoms with Crippen molar-refractivity contribution in [3.05, 3.63) is 131 Å². The van der Waals surface area contributed by atoms with E-state index < -0.39 is 36.4 Å². The minimum absolute atomic E-state index is 0. The molecule has 0 spiro atoms. The zero-order chi connectivity index (χ0) is 65.5. The summed E-state index contributed by atoms with van der Waals surface area (Å²) in [7, 11) is 4.41. The number of rotatable bonds is 9. The zero-order valence-corrected chi connectivity index (χ0v) is 50.8. The van der Waals surface area contributed by atoms with Crippen molar-refractivity contribution in [2.75, 3.05) is 64.7 Å². The number of likely N-dealkylation sites (N-methyl/N-ethyl adjacent to an activating group) is 1. The first-order valence-electron chi connectivity index (χ1n) is 27.1. The highest BCUT2D eigenvalue weighted by molar-refractivity contribution is 5.78. The van der Waals surface area contributed by atoms with Crippen molar-refractivity contribution in [1.29, 1.82) is 0 Å². The molecule has 4 aromatic carbocycles. The van der Waals surface area contributed by atoms with Gasteiger partial charge >= 0.3 is 36.4 Å². The monoisotopic (exact) mass is 1310 g/mol. The van der Waals surface area contributed by atoms with Gasteiger partial charge in [0.05, 0.1) is 49.1 Å². The molecule has 10 rings (SSSR count). The molecule has 4 aliphatic heterocycles. The standard InChI is InChI=1S/C26H31N5O.C24H27N5O.3C2HF3O2.C2H4O.CH4O.2CH4.3B/c1-4-30-13-10-19(11-14-30)20-8-9-23-24(16-20)25(12-15-31-26(23)18(2)28-29-31)27-21-6-5-7-22(17-21)32-3;1-16-24-21-7-6-18(17-8-11-25-12-9-17)14-22(21)23(10-13-29(24)28-27-16)26-19-4-3-5-20(15-19)30-2;3*3-2(4,5)1(6)7;1-2-3;1-2;;;;;/h5-10,16-17,25,27H,4,11-15H2,1-3H3;3-8,14-15,23,25-26H,9-13H2,1-2H3;3*(H,6,7);2H,1H3;2H,1H3;2*1H4;;;. The number of aromatic nitrogens is 6. The van der Waals surface area contributed by atoms with Crippen molar-refractivity contribution in [3.63, 3.8) is 0 Å². The summed E-state index contributed by atoms with van der Waals surface area (Å²) >= 11 is 0. The Morgan fingerprint density at radius 1 is 0.624 bits per heavy atom. The van der Waals surface area contributed by atoms with Crippen LogP contribution in [0.2, 0.25) is 0 Å². The fourth-order valence-electron chi connectivity index (χ4n) is 9.40. The van der Waals surface area contributed by atoms with Gasteiger partial charge < -0.3 is 50.6 Å². The largest absolute Gasteiger partial charge is 0.497 e. The van der Waals surface area contributed by atoms with Gasteiger partial charge in [-0.05, 0) is 129 Å². The molecule has 503 valence electrons. The summed E-state index contributed by atoms with van der Waals surface area (Å²) in [4.78, 5) is 38.0. The highest BCUT2D eigenvalue weighted by Crippen LogP contribution is 2.41. The summed E-state index contributed by atoms with van der Waals surface area (Å²) in [5.41, 5.74) is 16.9. The number of carboxylic acid groups (broad SMARTS) is 3. The van der Waals surface area contributed by atoms with Crippen molar-refractivity contribution in [2.45, 2.75) is 112 Å². The number of carbonyl (C=O) groups is 4. The van der Waals surface area contributed by atoms with E-state index in [2.05, 4.69) is 133 Å². The molecule has 2 aromatic heterocycles. The Bertz CT molecular complexity index is 3310. The number of aliphatic hydroxyl groups is 1. The first kappa shape index (κ1) is 86.4. The first-order valence-corrected chi connectivity index (χ1v) is 27.1. The molecule has 2 atom stereocenters. The molecule has 93 heavy (non-hydrogen) atoms. The third kappa shape index (κ3) is 25.4. The lowest BCUT2D eigenvalue weighted by molar-refractivity contribution is -0.193. The van der Waals surface area contributed by atoms with Gasteiger partial charge in [0.25, 0.3) is 0 Å². The maximum Gasteiger partial charge on any atom is 0.490 e. The van der Waals surface area contributed by atoms with Crippen LogP contribution in [-0.2, 0) is 32.3 Å². The number of aryl methyl sites for hydroxylation is 4. The van der Waals surface area contributed by atoms with Gasteiger partial charge in [-0.25, -0.2) is 23.7 Å². The van der Waals surface area contributed by atoms with Gasteiger partial charge in [0, 0.05) is 99.7 Å². The average Bonchev–Trinajstić information content (AvgIpc) is 1.72. The van der Waals surface area contributed by atoms with Crippen LogP contribution in [-0.4, -0.2) is 177 Å². The molecule has 0 bridgehead atoms. The number of carbonyl (C=O) groups excluding carboxylic acids is 1. The number of anilines is 2. The fourth-order valence-corrected chi connectivity index (χ4v) is 9.40. The molecule has 0 saturated heterocycles. The van der Waals surface area contributed by atoms with E-state index >= 15 is 0 Å². The van der Waals surface area contributed by atoms with Crippen LogP contribution in [0.15, 0.2) is 97.1 Å². The molecular weight excluding hydrogens is 1240 g/mol. The van der Waals surface area contributed by atoms with Gasteiger partial charge in [-0.1, -0.05) is 80.8 Å².